The lowest BCUT2D eigenvalue weighted by atomic mass is 9.93. The number of hydrogen-bond acceptors (Lipinski definition) is 1. The molecule has 0 amide bonds. The van der Waals surface area contributed by atoms with Crippen LogP contribution in [0.25, 0.3) is 0 Å². The van der Waals surface area contributed by atoms with Gasteiger partial charge in [-0.15, -0.1) is 0 Å². The highest BCUT2D eigenvalue weighted by molar-refractivity contribution is 5.39. The summed E-state index contributed by atoms with van der Waals surface area (Å²) >= 11 is 0. The third-order valence-corrected chi connectivity index (χ3v) is 3.51. The smallest absolute Gasteiger partial charge is 0.282 e. The Kier molecular flexibility index (Phi) is 2.62. The fourth-order valence-electron chi connectivity index (χ4n) is 2.59. The molecule has 2 aromatic rings. The second-order valence-electron chi connectivity index (χ2n) is 4.63. The molecule has 1 aromatic carbocycles. The van der Waals surface area contributed by atoms with Gasteiger partial charge in [-0.05, 0) is 30.5 Å². The number of hydrogen-bond donors (Lipinski definition) is 1. The van der Waals surface area contributed by atoms with Crippen molar-refractivity contribution in [1.29, 1.82) is 0 Å². The number of aryl methyl sites for hydroxylation is 1. The number of aromatic amines is 1. The lowest BCUT2D eigenvalue weighted by Gasteiger charge is -2.13. The fourth-order valence-corrected chi connectivity index (χ4v) is 2.59. The van der Waals surface area contributed by atoms with Gasteiger partial charge in [-0.3, -0.25) is 5.10 Å². The molecule has 1 N–H and O–H groups in total. The van der Waals surface area contributed by atoms with Gasteiger partial charge in [-0.2, -0.15) is 18.3 Å². The molecule has 0 bridgehead atoms. The Hall–Kier alpha value is -1.85. The molecule has 2 nitrogen and oxygen atoms in total. The summed E-state index contributed by atoms with van der Waals surface area (Å²) in [6, 6.07) is 3.14. The van der Waals surface area contributed by atoms with Gasteiger partial charge in [-0.25, -0.2) is 4.39 Å². The molecule has 0 saturated heterocycles. The third-order valence-electron chi connectivity index (χ3n) is 3.51. The molecule has 1 aliphatic carbocycles. The average Bonchev–Trinajstić information content (AvgIpc) is 2.88. The Labute approximate surface area is 106 Å². The molecule has 100 valence electrons. The maximum Gasteiger partial charge on any atom is 0.419 e. The SMILES string of the molecule is Fc1cc(C2CCc3[nH]ncc32)ccc1C(F)(F)F. The fraction of sp³-hybridized carbons (Fsp3) is 0.308. The molecular formula is C13H10F4N2. The minimum Gasteiger partial charge on any atom is -0.282 e. The molecule has 0 spiro atoms. The molecule has 0 aliphatic heterocycles. The Balaban J connectivity index is 1.98. The zero-order chi connectivity index (χ0) is 13.6. The van der Waals surface area contributed by atoms with Crippen LogP contribution in [0, 0.1) is 5.82 Å². The number of aromatic nitrogens is 2. The second-order valence-corrected chi connectivity index (χ2v) is 4.63. The number of nitrogens with zero attached hydrogens (tertiary/aromatic N) is 1. The minimum absolute atomic E-state index is 0.0782. The molecule has 1 atom stereocenters. The summed E-state index contributed by atoms with van der Waals surface area (Å²) in [7, 11) is 0. The van der Waals surface area contributed by atoms with Crippen LogP contribution in [0.1, 0.15) is 34.7 Å². The molecule has 0 radical (unpaired) electrons. The van der Waals surface area contributed by atoms with Crippen molar-refractivity contribution in [3.63, 3.8) is 0 Å². The highest BCUT2D eigenvalue weighted by Crippen LogP contribution is 2.39. The van der Waals surface area contributed by atoms with Crippen molar-refractivity contribution in [1.82, 2.24) is 10.2 Å². The van der Waals surface area contributed by atoms with E-state index < -0.39 is 17.6 Å². The number of H-pyrrole nitrogens is 1. The van der Waals surface area contributed by atoms with Crippen molar-refractivity contribution >= 4 is 0 Å². The van der Waals surface area contributed by atoms with Gasteiger partial charge in [0.25, 0.3) is 0 Å². The third kappa shape index (κ3) is 2.01. The first-order valence-corrected chi connectivity index (χ1v) is 5.85. The molecule has 0 saturated carbocycles. The zero-order valence-corrected chi connectivity index (χ0v) is 9.76. The highest BCUT2D eigenvalue weighted by Gasteiger charge is 2.35. The van der Waals surface area contributed by atoms with Crippen LogP contribution in [-0.4, -0.2) is 10.2 Å². The van der Waals surface area contributed by atoms with Crippen molar-refractivity contribution in [3.8, 4) is 0 Å². The Bertz CT molecular complexity index is 615. The van der Waals surface area contributed by atoms with Crippen molar-refractivity contribution in [3.05, 3.63) is 52.6 Å². The van der Waals surface area contributed by atoms with Crippen molar-refractivity contribution in [2.75, 3.05) is 0 Å². The normalized spacial score (nSPS) is 18.6. The summed E-state index contributed by atoms with van der Waals surface area (Å²) in [5.74, 6) is -1.30. The Morgan fingerprint density at radius 3 is 2.74 bits per heavy atom. The van der Waals surface area contributed by atoms with Crippen LogP contribution in [0.3, 0.4) is 0 Å². The van der Waals surface area contributed by atoms with Gasteiger partial charge in [0, 0.05) is 17.2 Å². The van der Waals surface area contributed by atoms with E-state index in [9.17, 15) is 17.6 Å². The van der Waals surface area contributed by atoms with E-state index in [1.807, 2.05) is 0 Å². The van der Waals surface area contributed by atoms with Crippen LogP contribution in [0.5, 0.6) is 0 Å². The second kappa shape index (κ2) is 4.08. The van der Waals surface area contributed by atoms with E-state index in [1.165, 1.54) is 6.07 Å². The van der Waals surface area contributed by atoms with Gasteiger partial charge in [0.1, 0.15) is 5.82 Å². The number of benzene rings is 1. The molecule has 1 heterocycles. The van der Waals surface area contributed by atoms with Crippen LogP contribution in [0.2, 0.25) is 0 Å². The predicted molar refractivity (Wildman–Crippen MR) is 60.2 cm³/mol. The molecule has 3 rings (SSSR count). The standard InChI is InChI=1S/C13H10F4N2/c14-11-5-7(1-3-10(11)13(15,16)17)8-2-4-12-9(8)6-18-19-12/h1,3,5-6,8H,2,4H2,(H,18,19). The molecule has 1 aliphatic rings. The van der Waals surface area contributed by atoms with E-state index in [-0.39, 0.29) is 5.92 Å². The predicted octanol–water partition coefficient (Wildman–Crippen LogP) is 3.65. The van der Waals surface area contributed by atoms with E-state index in [0.717, 1.165) is 36.2 Å². The van der Waals surface area contributed by atoms with E-state index in [1.54, 1.807) is 6.20 Å². The van der Waals surface area contributed by atoms with Crippen molar-refractivity contribution in [2.24, 2.45) is 0 Å². The number of rotatable bonds is 1. The Morgan fingerprint density at radius 1 is 1.26 bits per heavy atom. The number of halogens is 4. The van der Waals surface area contributed by atoms with Crippen molar-refractivity contribution in [2.45, 2.75) is 24.9 Å². The first kappa shape index (κ1) is 12.2. The minimum atomic E-state index is -4.65. The summed E-state index contributed by atoms with van der Waals surface area (Å²) < 4.78 is 51.0. The van der Waals surface area contributed by atoms with E-state index >= 15 is 0 Å². The lowest BCUT2D eigenvalue weighted by molar-refractivity contribution is -0.140. The van der Waals surface area contributed by atoms with Gasteiger partial charge < -0.3 is 0 Å². The van der Waals surface area contributed by atoms with Crippen LogP contribution in [0.15, 0.2) is 24.4 Å². The van der Waals surface area contributed by atoms with E-state index in [4.69, 9.17) is 0 Å². The maximum atomic E-state index is 13.6. The summed E-state index contributed by atoms with van der Waals surface area (Å²) in [5.41, 5.74) is 1.26. The first-order valence-electron chi connectivity index (χ1n) is 5.85. The zero-order valence-electron chi connectivity index (χ0n) is 9.76. The Morgan fingerprint density at radius 2 is 2.05 bits per heavy atom. The largest absolute Gasteiger partial charge is 0.419 e. The molecule has 1 aromatic heterocycles. The maximum absolute atomic E-state index is 13.6. The highest BCUT2D eigenvalue weighted by atomic mass is 19.4. The number of fused-ring (bicyclic) bond motifs is 1. The summed E-state index contributed by atoms with van der Waals surface area (Å²) in [6.45, 7) is 0. The summed E-state index contributed by atoms with van der Waals surface area (Å²) in [5, 5.41) is 6.74. The van der Waals surface area contributed by atoms with Gasteiger partial charge in [-0.1, -0.05) is 6.07 Å². The summed E-state index contributed by atoms with van der Waals surface area (Å²) in [6.07, 6.45) is -1.46. The van der Waals surface area contributed by atoms with Gasteiger partial charge in [0.2, 0.25) is 0 Å². The van der Waals surface area contributed by atoms with E-state index in [0.29, 0.717) is 5.56 Å². The summed E-state index contributed by atoms with van der Waals surface area (Å²) in [4.78, 5) is 0. The topological polar surface area (TPSA) is 28.7 Å². The molecule has 1 unspecified atom stereocenters. The number of alkyl halides is 3. The molecular weight excluding hydrogens is 260 g/mol. The molecule has 6 heteroatoms. The van der Waals surface area contributed by atoms with E-state index in [2.05, 4.69) is 10.2 Å². The monoisotopic (exact) mass is 270 g/mol. The average molecular weight is 270 g/mol. The number of nitrogens with one attached hydrogen (secondary N) is 1. The van der Waals surface area contributed by atoms with Crippen molar-refractivity contribution < 1.29 is 17.6 Å². The molecule has 19 heavy (non-hydrogen) atoms. The van der Waals surface area contributed by atoms with Crippen LogP contribution in [-0.2, 0) is 12.6 Å². The van der Waals surface area contributed by atoms with Gasteiger partial charge in [0.15, 0.2) is 0 Å². The van der Waals surface area contributed by atoms with Crippen LogP contribution >= 0.6 is 0 Å². The first-order chi connectivity index (χ1) is 8.97. The quantitative estimate of drug-likeness (QED) is 0.787. The molecule has 0 fully saturated rings. The van der Waals surface area contributed by atoms with Gasteiger partial charge >= 0.3 is 6.18 Å². The van der Waals surface area contributed by atoms with Gasteiger partial charge in [0.05, 0.1) is 11.8 Å². The lowest BCUT2D eigenvalue weighted by Crippen LogP contribution is -2.09. The van der Waals surface area contributed by atoms with Crippen LogP contribution in [0.4, 0.5) is 17.6 Å². The van der Waals surface area contributed by atoms with Crippen LogP contribution < -0.4 is 0 Å².